The third kappa shape index (κ3) is 1.04. The van der Waals surface area contributed by atoms with E-state index >= 15 is 0 Å². The van der Waals surface area contributed by atoms with Gasteiger partial charge in [-0.25, -0.2) is 0 Å². The molecule has 0 radical (unpaired) electrons. The van der Waals surface area contributed by atoms with Crippen LogP contribution in [0.1, 0.15) is 41.0 Å². The minimum Gasteiger partial charge on any atom is -0.411 e. The molecule has 0 saturated heterocycles. The predicted molar refractivity (Wildman–Crippen MR) is 55.6 cm³/mol. The summed E-state index contributed by atoms with van der Waals surface area (Å²) in [4.78, 5) is 12.0. The van der Waals surface area contributed by atoms with Crippen molar-refractivity contribution in [2.45, 2.75) is 41.0 Å². The van der Waals surface area contributed by atoms with Crippen LogP contribution < -0.4 is 0 Å². The minimum absolute atomic E-state index is 0.000000000000000444. The summed E-state index contributed by atoms with van der Waals surface area (Å²) in [6.07, 6.45) is 0.780. The van der Waals surface area contributed by atoms with Gasteiger partial charge in [-0.1, -0.05) is 39.8 Å². The largest absolute Gasteiger partial charge is 0.411 e. The van der Waals surface area contributed by atoms with Gasteiger partial charge in [-0.2, -0.15) is 0 Å². The summed E-state index contributed by atoms with van der Waals surface area (Å²) in [7, 11) is 0. The maximum Gasteiger partial charge on any atom is 0.187 e. The average molecular weight is 197 g/mol. The molecule has 1 N–H and O–H groups in total. The summed E-state index contributed by atoms with van der Waals surface area (Å²) in [5.41, 5.74) is -0.201. The molecule has 1 fully saturated rings. The lowest BCUT2D eigenvalue weighted by molar-refractivity contribution is -0.124. The Labute approximate surface area is 85.2 Å². The molecule has 1 rings (SSSR count). The van der Waals surface area contributed by atoms with Crippen LogP contribution in [-0.4, -0.2) is 16.7 Å². The van der Waals surface area contributed by atoms with Crippen molar-refractivity contribution in [3.8, 4) is 0 Å². The second-order valence-electron chi connectivity index (χ2n) is 4.94. The standard InChI is InChI=1S/C11H19NO2/c1-6-11(5)9(13)8(12-14)7(2)10(11,3)4/h7,14H,6H2,1-5H3/b12-8+. The van der Waals surface area contributed by atoms with E-state index in [1.165, 1.54) is 0 Å². The third-order valence-electron chi connectivity index (χ3n) is 4.46. The Morgan fingerprint density at radius 1 is 1.43 bits per heavy atom. The van der Waals surface area contributed by atoms with Gasteiger partial charge >= 0.3 is 0 Å². The second kappa shape index (κ2) is 3.07. The van der Waals surface area contributed by atoms with E-state index in [1.54, 1.807) is 0 Å². The number of ketones is 1. The molecule has 1 aliphatic carbocycles. The van der Waals surface area contributed by atoms with E-state index in [2.05, 4.69) is 19.0 Å². The topological polar surface area (TPSA) is 49.7 Å². The summed E-state index contributed by atoms with van der Waals surface area (Å²) in [6.45, 7) is 10.1. The van der Waals surface area contributed by atoms with Gasteiger partial charge in [-0.05, 0) is 11.8 Å². The SMILES string of the molecule is CCC1(C)C(=O)/C(=N/O)C(C)C1(C)C. The number of oxime groups is 1. The Morgan fingerprint density at radius 2 is 1.93 bits per heavy atom. The quantitative estimate of drug-likeness (QED) is 0.518. The molecule has 14 heavy (non-hydrogen) atoms. The van der Waals surface area contributed by atoms with Crippen molar-refractivity contribution in [2.24, 2.45) is 21.9 Å². The molecular formula is C11H19NO2. The van der Waals surface area contributed by atoms with Crippen molar-refractivity contribution in [2.75, 3.05) is 0 Å². The van der Waals surface area contributed by atoms with Gasteiger partial charge in [0, 0.05) is 11.3 Å². The lowest BCUT2D eigenvalue weighted by Crippen LogP contribution is -2.36. The number of nitrogens with zero attached hydrogens (tertiary/aromatic N) is 1. The molecule has 2 atom stereocenters. The number of rotatable bonds is 1. The molecule has 1 aliphatic rings. The van der Waals surface area contributed by atoms with E-state index in [0.29, 0.717) is 5.71 Å². The molecule has 80 valence electrons. The highest BCUT2D eigenvalue weighted by Crippen LogP contribution is 2.53. The summed E-state index contributed by atoms with van der Waals surface area (Å²) >= 11 is 0. The van der Waals surface area contributed by atoms with Crippen LogP contribution in [0.15, 0.2) is 5.16 Å². The highest BCUT2D eigenvalue weighted by molar-refractivity contribution is 6.44. The van der Waals surface area contributed by atoms with E-state index in [9.17, 15) is 4.79 Å². The fourth-order valence-corrected chi connectivity index (χ4v) is 2.34. The lowest BCUT2D eigenvalue weighted by atomic mass is 9.64. The fraction of sp³-hybridized carbons (Fsp3) is 0.818. The van der Waals surface area contributed by atoms with Crippen molar-refractivity contribution in [3.05, 3.63) is 0 Å². The van der Waals surface area contributed by atoms with Crippen LogP contribution in [0, 0.1) is 16.7 Å². The van der Waals surface area contributed by atoms with Crippen molar-refractivity contribution in [1.82, 2.24) is 0 Å². The number of Topliss-reactive ketones (excluding diaryl/α,β-unsaturated/α-hetero) is 1. The summed E-state index contributed by atoms with van der Waals surface area (Å²) < 4.78 is 0. The van der Waals surface area contributed by atoms with Crippen LogP contribution in [0.3, 0.4) is 0 Å². The summed E-state index contributed by atoms with van der Waals surface area (Å²) in [5.74, 6) is 0.0185. The molecule has 0 aromatic carbocycles. The van der Waals surface area contributed by atoms with Crippen molar-refractivity contribution in [1.29, 1.82) is 0 Å². The number of carbonyl (C=O) groups excluding carboxylic acids is 1. The maximum absolute atomic E-state index is 12.0. The van der Waals surface area contributed by atoms with E-state index in [1.807, 2.05) is 20.8 Å². The van der Waals surface area contributed by atoms with Gasteiger partial charge in [0.25, 0.3) is 0 Å². The van der Waals surface area contributed by atoms with Crippen LogP contribution in [0.4, 0.5) is 0 Å². The molecule has 0 aromatic rings. The van der Waals surface area contributed by atoms with Crippen LogP contribution in [0.25, 0.3) is 0 Å². The maximum atomic E-state index is 12.0. The first kappa shape index (κ1) is 11.2. The molecule has 3 heteroatoms. The van der Waals surface area contributed by atoms with Gasteiger partial charge in [0.15, 0.2) is 5.78 Å². The van der Waals surface area contributed by atoms with E-state index < -0.39 is 5.41 Å². The molecule has 1 saturated carbocycles. The van der Waals surface area contributed by atoms with Gasteiger partial charge in [-0.15, -0.1) is 0 Å². The first-order valence-electron chi connectivity index (χ1n) is 5.09. The van der Waals surface area contributed by atoms with Crippen LogP contribution in [0.2, 0.25) is 0 Å². The normalized spacial score (nSPS) is 39.4. The number of hydrogen-bond donors (Lipinski definition) is 1. The van der Waals surface area contributed by atoms with Gasteiger partial charge in [0.2, 0.25) is 0 Å². The lowest BCUT2D eigenvalue weighted by Gasteiger charge is -2.37. The van der Waals surface area contributed by atoms with E-state index in [4.69, 9.17) is 5.21 Å². The summed E-state index contributed by atoms with van der Waals surface area (Å²) in [6, 6.07) is 0. The van der Waals surface area contributed by atoms with Crippen molar-refractivity contribution < 1.29 is 10.0 Å². The molecule has 3 nitrogen and oxygen atoms in total. The predicted octanol–water partition coefficient (Wildman–Crippen LogP) is 2.48. The van der Waals surface area contributed by atoms with Crippen LogP contribution in [-0.2, 0) is 4.79 Å². The molecule has 0 spiro atoms. The van der Waals surface area contributed by atoms with E-state index in [-0.39, 0.29) is 17.1 Å². The third-order valence-corrected chi connectivity index (χ3v) is 4.46. The monoisotopic (exact) mass is 197 g/mol. The molecule has 0 heterocycles. The minimum atomic E-state index is -0.395. The van der Waals surface area contributed by atoms with Crippen LogP contribution in [0.5, 0.6) is 0 Å². The average Bonchev–Trinajstić information content (AvgIpc) is 2.27. The Kier molecular flexibility index (Phi) is 2.46. The number of carbonyl (C=O) groups is 1. The second-order valence-corrected chi connectivity index (χ2v) is 4.94. The van der Waals surface area contributed by atoms with Crippen molar-refractivity contribution in [3.63, 3.8) is 0 Å². The summed E-state index contributed by atoms with van der Waals surface area (Å²) in [5, 5.41) is 12.0. The van der Waals surface area contributed by atoms with Crippen molar-refractivity contribution >= 4 is 11.5 Å². The molecule has 0 aromatic heterocycles. The van der Waals surface area contributed by atoms with E-state index in [0.717, 1.165) is 6.42 Å². The Morgan fingerprint density at radius 3 is 2.14 bits per heavy atom. The fourth-order valence-electron chi connectivity index (χ4n) is 2.34. The Hall–Kier alpha value is -0.860. The molecule has 2 unspecified atom stereocenters. The highest BCUT2D eigenvalue weighted by Gasteiger charge is 2.58. The molecular weight excluding hydrogens is 178 g/mol. The van der Waals surface area contributed by atoms with Gasteiger partial charge in [0.1, 0.15) is 5.71 Å². The molecule has 0 bridgehead atoms. The van der Waals surface area contributed by atoms with Gasteiger partial charge in [-0.3, -0.25) is 4.79 Å². The highest BCUT2D eigenvalue weighted by atomic mass is 16.4. The van der Waals surface area contributed by atoms with Gasteiger partial charge in [0.05, 0.1) is 0 Å². The first-order valence-corrected chi connectivity index (χ1v) is 5.09. The smallest absolute Gasteiger partial charge is 0.187 e. The Bertz CT molecular complexity index is 294. The van der Waals surface area contributed by atoms with Crippen LogP contribution >= 0.6 is 0 Å². The Balaban J connectivity index is 3.30. The molecule has 0 amide bonds. The van der Waals surface area contributed by atoms with Gasteiger partial charge < -0.3 is 5.21 Å². The first-order chi connectivity index (χ1) is 6.32. The number of hydrogen-bond acceptors (Lipinski definition) is 3. The zero-order valence-corrected chi connectivity index (χ0v) is 9.59. The zero-order valence-electron chi connectivity index (χ0n) is 9.59. The molecule has 0 aliphatic heterocycles. The zero-order chi connectivity index (χ0) is 11.1.